The van der Waals surface area contributed by atoms with Crippen LogP contribution in [0.4, 0.5) is 5.13 Å². The summed E-state index contributed by atoms with van der Waals surface area (Å²) >= 11 is 6.80. The van der Waals surface area contributed by atoms with Crippen LogP contribution in [0.1, 0.15) is 12.0 Å². The Bertz CT molecular complexity index is 1140. The number of para-hydroxylation sites is 1. The quantitative estimate of drug-likeness (QED) is 0.486. The first-order chi connectivity index (χ1) is 13.1. The lowest BCUT2D eigenvalue weighted by atomic mass is 10.1. The molecule has 0 radical (unpaired) electrons. The Labute approximate surface area is 164 Å². The maximum absolute atomic E-state index is 12.4. The Morgan fingerprint density at radius 2 is 2.11 bits per heavy atom. The lowest BCUT2D eigenvalue weighted by Crippen LogP contribution is -2.15. The number of anilines is 1. The minimum Gasteiger partial charge on any atom is -0.302 e. The molecule has 6 nitrogen and oxygen atoms in total. The number of carbonyl (C=O) groups is 1. The van der Waals surface area contributed by atoms with E-state index in [9.17, 15) is 4.79 Å². The van der Waals surface area contributed by atoms with Gasteiger partial charge < -0.3 is 5.32 Å². The Morgan fingerprint density at radius 1 is 1.26 bits per heavy atom. The van der Waals surface area contributed by atoms with E-state index in [1.807, 2.05) is 60.0 Å². The van der Waals surface area contributed by atoms with Gasteiger partial charge in [-0.2, -0.15) is 5.10 Å². The zero-order valence-electron chi connectivity index (χ0n) is 14.6. The molecule has 4 aromatic rings. The molecule has 0 aliphatic rings. The Kier molecular flexibility index (Phi) is 4.83. The minimum atomic E-state index is -0.104. The van der Waals surface area contributed by atoms with Crippen LogP contribution >= 0.6 is 23.6 Å². The van der Waals surface area contributed by atoms with Crippen LogP contribution in [-0.2, 0) is 11.3 Å². The molecule has 2 heterocycles. The van der Waals surface area contributed by atoms with Gasteiger partial charge in [0.15, 0.2) is 15.7 Å². The van der Waals surface area contributed by atoms with Crippen molar-refractivity contribution in [1.82, 2.24) is 19.7 Å². The fraction of sp³-hybridized carbons (Fsp3) is 0.158. The van der Waals surface area contributed by atoms with E-state index < -0.39 is 0 Å². The molecule has 4 rings (SSSR count). The van der Waals surface area contributed by atoms with Crippen molar-refractivity contribution in [3.8, 4) is 11.4 Å². The monoisotopic (exact) mass is 395 g/mol. The number of hydrogen-bond acceptors (Lipinski definition) is 5. The molecule has 1 amide bonds. The highest BCUT2D eigenvalue weighted by atomic mass is 32.1. The number of carbonyl (C=O) groups excluding carboxylic acids is 1. The van der Waals surface area contributed by atoms with Crippen LogP contribution in [0, 0.1) is 11.7 Å². The van der Waals surface area contributed by atoms with Crippen molar-refractivity contribution in [2.75, 3.05) is 5.32 Å². The highest BCUT2D eigenvalue weighted by molar-refractivity contribution is 7.71. The van der Waals surface area contributed by atoms with Crippen molar-refractivity contribution in [3.63, 3.8) is 0 Å². The number of nitrogens with one attached hydrogen (secondary N) is 2. The summed E-state index contributed by atoms with van der Waals surface area (Å²) in [7, 11) is 0. The van der Waals surface area contributed by atoms with Crippen LogP contribution in [-0.4, -0.2) is 25.7 Å². The van der Waals surface area contributed by atoms with E-state index in [4.69, 9.17) is 12.2 Å². The van der Waals surface area contributed by atoms with Gasteiger partial charge in [0.05, 0.1) is 10.2 Å². The fourth-order valence-electron chi connectivity index (χ4n) is 2.85. The number of rotatable bonds is 5. The SMILES string of the molecule is Cc1cccc(-c2n[nH]c(=S)n2CCC(=O)Nc2nc3ccccc3s2)c1. The number of aryl methyl sites for hydroxylation is 1. The molecule has 0 spiro atoms. The number of thiazole rings is 1. The number of hydrogen-bond donors (Lipinski definition) is 2. The van der Waals surface area contributed by atoms with Crippen molar-refractivity contribution in [2.24, 2.45) is 0 Å². The molecular formula is C19H17N5OS2. The molecule has 0 unspecified atom stereocenters. The van der Waals surface area contributed by atoms with Gasteiger partial charge in [0.25, 0.3) is 0 Å². The molecular weight excluding hydrogens is 378 g/mol. The van der Waals surface area contributed by atoms with Crippen LogP contribution in [0.5, 0.6) is 0 Å². The second-order valence-electron chi connectivity index (χ2n) is 6.16. The van der Waals surface area contributed by atoms with E-state index >= 15 is 0 Å². The van der Waals surface area contributed by atoms with Gasteiger partial charge >= 0.3 is 0 Å². The van der Waals surface area contributed by atoms with Crippen molar-refractivity contribution >= 4 is 44.8 Å². The standard InChI is InChI=1S/C19H17N5OS2/c1-12-5-4-6-13(11-12)17-22-23-19(26)24(17)10-9-16(25)21-18-20-14-7-2-3-8-15(14)27-18/h2-8,11H,9-10H2,1H3,(H,23,26)(H,20,21,25). The average Bonchev–Trinajstić information content (AvgIpc) is 3.22. The third kappa shape index (κ3) is 3.81. The molecule has 27 heavy (non-hydrogen) atoms. The zero-order chi connectivity index (χ0) is 18.8. The predicted octanol–water partition coefficient (Wildman–Crippen LogP) is 4.55. The van der Waals surface area contributed by atoms with Crippen LogP contribution in [0.3, 0.4) is 0 Å². The summed E-state index contributed by atoms with van der Waals surface area (Å²) in [6.45, 7) is 2.47. The molecule has 2 N–H and O–H groups in total. The molecule has 0 bridgehead atoms. The zero-order valence-corrected chi connectivity index (χ0v) is 16.2. The normalized spacial score (nSPS) is 11.0. The van der Waals surface area contributed by atoms with Gasteiger partial charge in [-0.3, -0.25) is 14.5 Å². The van der Waals surface area contributed by atoms with Crippen LogP contribution in [0.25, 0.3) is 21.6 Å². The van der Waals surface area contributed by atoms with E-state index in [0.717, 1.165) is 27.2 Å². The third-order valence-electron chi connectivity index (χ3n) is 4.14. The van der Waals surface area contributed by atoms with Gasteiger partial charge in [-0.25, -0.2) is 4.98 Å². The maximum Gasteiger partial charge on any atom is 0.227 e. The second kappa shape index (κ2) is 7.42. The smallest absolute Gasteiger partial charge is 0.227 e. The van der Waals surface area contributed by atoms with E-state index in [0.29, 0.717) is 16.4 Å². The first kappa shape index (κ1) is 17.6. The summed E-state index contributed by atoms with van der Waals surface area (Å²) in [5, 5.41) is 10.6. The van der Waals surface area contributed by atoms with Crippen LogP contribution in [0.2, 0.25) is 0 Å². The van der Waals surface area contributed by atoms with Crippen molar-refractivity contribution in [2.45, 2.75) is 19.9 Å². The van der Waals surface area contributed by atoms with E-state index in [1.165, 1.54) is 11.3 Å². The van der Waals surface area contributed by atoms with E-state index in [-0.39, 0.29) is 12.3 Å². The molecule has 8 heteroatoms. The number of aromatic nitrogens is 4. The summed E-state index contributed by atoms with van der Waals surface area (Å²) in [5.41, 5.74) is 2.99. The molecule has 136 valence electrons. The van der Waals surface area contributed by atoms with E-state index in [2.05, 4.69) is 20.5 Å². The third-order valence-corrected chi connectivity index (χ3v) is 5.40. The number of nitrogens with zero attached hydrogens (tertiary/aromatic N) is 3. The van der Waals surface area contributed by atoms with Gasteiger partial charge in [0.1, 0.15) is 0 Å². The maximum atomic E-state index is 12.4. The first-order valence-electron chi connectivity index (χ1n) is 8.48. The summed E-state index contributed by atoms with van der Waals surface area (Å²) in [6, 6.07) is 15.8. The van der Waals surface area contributed by atoms with Crippen LogP contribution in [0.15, 0.2) is 48.5 Å². The van der Waals surface area contributed by atoms with Gasteiger partial charge in [-0.05, 0) is 37.3 Å². The number of amides is 1. The number of H-pyrrole nitrogens is 1. The first-order valence-corrected chi connectivity index (χ1v) is 9.70. The Hall–Kier alpha value is -2.84. The van der Waals surface area contributed by atoms with E-state index in [1.54, 1.807) is 0 Å². The van der Waals surface area contributed by atoms with Gasteiger partial charge in [0.2, 0.25) is 5.91 Å². The van der Waals surface area contributed by atoms with Gasteiger partial charge in [0, 0.05) is 18.5 Å². The number of benzene rings is 2. The van der Waals surface area contributed by atoms with Gasteiger partial charge in [-0.15, -0.1) is 0 Å². The molecule has 0 atom stereocenters. The summed E-state index contributed by atoms with van der Waals surface area (Å²) in [5.74, 6) is 0.629. The molecule has 0 aliphatic carbocycles. The molecule has 0 aliphatic heterocycles. The molecule has 0 saturated carbocycles. The van der Waals surface area contributed by atoms with Crippen molar-refractivity contribution in [3.05, 3.63) is 58.9 Å². The summed E-state index contributed by atoms with van der Waals surface area (Å²) < 4.78 is 3.40. The molecule has 2 aromatic heterocycles. The topological polar surface area (TPSA) is 75.6 Å². The van der Waals surface area contributed by atoms with Crippen molar-refractivity contribution in [1.29, 1.82) is 0 Å². The fourth-order valence-corrected chi connectivity index (χ4v) is 3.96. The highest BCUT2D eigenvalue weighted by Gasteiger charge is 2.12. The number of aromatic amines is 1. The predicted molar refractivity (Wildman–Crippen MR) is 110 cm³/mol. The van der Waals surface area contributed by atoms with Crippen LogP contribution < -0.4 is 5.32 Å². The molecule has 0 saturated heterocycles. The minimum absolute atomic E-state index is 0.104. The lowest BCUT2D eigenvalue weighted by Gasteiger charge is -2.07. The van der Waals surface area contributed by atoms with Gasteiger partial charge in [-0.1, -0.05) is 47.2 Å². The second-order valence-corrected chi connectivity index (χ2v) is 7.58. The number of fused-ring (bicyclic) bond motifs is 1. The molecule has 2 aromatic carbocycles. The highest BCUT2D eigenvalue weighted by Crippen LogP contribution is 2.25. The largest absolute Gasteiger partial charge is 0.302 e. The average molecular weight is 396 g/mol. The van der Waals surface area contributed by atoms with Crippen molar-refractivity contribution < 1.29 is 4.79 Å². The summed E-state index contributed by atoms with van der Waals surface area (Å²) in [6.07, 6.45) is 0.280. The Balaban J connectivity index is 1.48. The lowest BCUT2D eigenvalue weighted by molar-refractivity contribution is -0.116. The summed E-state index contributed by atoms with van der Waals surface area (Å²) in [4.78, 5) is 16.8. The molecule has 0 fully saturated rings. The Morgan fingerprint density at radius 3 is 2.93 bits per heavy atom.